The van der Waals surface area contributed by atoms with Gasteiger partial charge < -0.3 is 15.0 Å². The molecule has 1 fully saturated rings. The molecule has 1 saturated heterocycles. The minimum absolute atomic E-state index is 0.0119. The van der Waals surface area contributed by atoms with E-state index in [9.17, 15) is 9.59 Å². The average molecular weight is 338 g/mol. The summed E-state index contributed by atoms with van der Waals surface area (Å²) >= 11 is 0. The fourth-order valence-corrected chi connectivity index (χ4v) is 2.97. The summed E-state index contributed by atoms with van der Waals surface area (Å²) in [6.07, 6.45) is -0.188. The minimum Gasteiger partial charge on any atom is -0.367 e. The molecule has 5 nitrogen and oxygen atoms in total. The summed E-state index contributed by atoms with van der Waals surface area (Å²) in [4.78, 5) is 26.3. The van der Waals surface area contributed by atoms with E-state index in [-0.39, 0.29) is 30.6 Å². The van der Waals surface area contributed by atoms with Crippen LogP contribution in [0.4, 0.5) is 0 Å². The molecule has 0 aromatic heterocycles. The van der Waals surface area contributed by atoms with Crippen molar-refractivity contribution in [3.05, 3.63) is 71.8 Å². The first kappa shape index (κ1) is 17.2. The molecule has 25 heavy (non-hydrogen) atoms. The third-order valence-electron chi connectivity index (χ3n) is 4.22. The number of hydrogen-bond donors (Lipinski definition) is 1. The van der Waals surface area contributed by atoms with Crippen molar-refractivity contribution in [2.45, 2.75) is 19.1 Å². The highest BCUT2D eigenvalue weighted by atomic mass is 16.5. The van der Waals surface area contributed by atoms with Crippen LogP contribution < -0.4 is 5.32 Å². The first-order chi connectivity index (χ1) is 12.1. The monoisotopic (exact) mass is 338 g/mol. The van der Waals surface area contributed by atoms with Crippen molar-refractivity contribution in [2.75, 3.05) is 19.6 Å². The molecular formula is C20H22N2O3. The van der Waals surface area contributed by atoms with Crippen LogP contribution in [-0.4, -0.2) is 42.5 Å². The van der Waals surface area contributed by atoms with E-state index < -0.39 is 0 Å². The Balaban J connectivity index is 1.58. The molecule has 0 unspecified atom stereocenters. The molecule has 2 aromatic rings. The van der Waals surface area contributed by atoms with E-state index in [1.807, 2.05) is 43.3 Å². The zero-order chi connectivity index (χ0) is 17.6. The molecule has 5 heteroatoms. The van der Waals surface area contributed by atoms with Crippen LogP contribution in [0.1, 0.15) is 28.9 Å². The van der Waals surface area contributed by atoms with Crippen LogP contribution >= 0.6 is 0 Å². The number of benzene rings is 2. The Labute approximate surface area is 147 Å². The van der Waals surface area contributed by atoms with Crippen LogP contribution in [0.15, 0.2) is 60.7 Å². The molecule has 1 heterocycles. The van der Waals surface area contributed by atoms with E-state index in [2.05, 4.69) is 5.32 Å². The van der Waals surface area contributed by atoms with Gasteiger partial charge in [-0.3, -0.25) is 9.59 Å². The molecule has 2 aromatic carbocycles. The number of hydrogen-bond acceptors (Lipinski definition) is 3. The van der Waals surface area contributed by atoms with Crippen LogP contribution in [0, 0.1) is 0 Å². The van der Waals surface area contributed by atoms with Crippen molar-refractivity contribution >= 4 is 11.8 Å². The quantitative estimate of drug-likeness (QED) is 0.931. The first-order valence-corrected chi connectivity index (χ1v) is 8.45. The number of nitrogens with zero attached hydrogens (tertiary/aromatic N) is 1. The highest BCUT2D eigenvalue weighted by Crippen LogP contribution is 2.24. The van der Waals surface area contributed by atoms with Crippen molar-refractivity contribution in [3.8, 4) is 0 Å². The van der Waals surface area contributed by atoms with Gasteiger partial charge in [-0.25, -0.2) is 0 Å². The number of rotatable bonds is 4. The van der Waals surface area contributed by atoms with Gasteiger partial charge in [-0.05, 0) is 24.6 Å². The van der Waals surface area contributed by atoms with E-state index in [0.29, 0.717) is 18.7 Å². The van der Waals surface area contributed by atoms with Gasteiger partial charge in [0.1, 0.15) is 6.10 Å². The summed E-state index contributed by atoms with van der Waals surface area (Å²) in [6.45, 7) is 2.97. The Kier molecular flexibility index (Phi) is 5.46. The number of amides is 2. The van der Waals surface area contributed by atoms with Crippen LogP contribution in [-0.2, 0) is 9.53 Å². The maximum absolute atomic E-state index is 12.5. The van der Waals surface area contributed by atoms with Crippen LogP contribution in [0.3, 0.4) is 0 Å². The second kappa shape index (κ2) is 7.94. The van der Waals surface area contributed by atoms with Gasteiger partial charge in [0.15, 0.2) is 0 Å². The molecule has 0 bridgehead atoms. The molecule has 1 N–H and O–H groups in total. The lowest BCUT2D eigenvalue weighted by molar-refractivity contribution is -0.143. The van der Waals surface area contributed by atoms with Crippen molar-refractivity contribution in [1.82, 2.24) is 10.2 Å². The molecule has 130 valence electrons. The molecule has 2 atom stereocenters. The van der Waals surface area contributed by atoms with Gasteiger partial charge in [0.2, 0.25) is 5.91 Å². The van der Waals surface area contributed by atoms with Gasteiger partial charge in [0, 0.05) is 12.1 Å². The lowest BCUT2D eigenvalue weighted by atomic mass is 10.1. The largest absolute Gasteiger partial charge is 0.367 e. The summed E-state index contributed by atoms with van der Waals surface area (Å²) in [5.41, 5.74) is 1.60. The Bertz CT molecular complexity index is 718. The second-order valence-electron chi connectivity index (χ2n) is 6.19. The number of nitrogens with one attached hydrogen (secondary N) is 1. The molecule has 1 aliphatic rings. The fraction of sp³-hybridized carbons (Fsp3) is 0.300. The van der Waals surface area contributed by atoms with Crippen LogP contribution in [0.25, 0.3) is 0 Å². The van der Waals surface area contributed by atoms with Crippen LogP contribution in [0.5, 0.6) is 0 Å². The average Bonchev–Trinajstić information content (AvgIpc) is 2.66. The number of morpholine rings is 1. The van der Waals surface area contributed by atoms with Crippen LogP contribution in [0.2, 0.25) is 0 Å². The smallest absolute Gasteiger partial charge is 0.251 e. The Morgan fingerprint density at radius 1 is 1.04 bits per heavy atom. The molecule has 0 aliphatic carbocycles. The first-order valence-electron chi connectivity index (χ1n) is 8.45. The molecule has 2 amide bonds. The normalized spacial score (nSPS) is 20.1. The van der Waals surface area contributed by atoms with E-state index >= 15 is 0 Å². The Morgan fingerprint density at radius 2 is 1.68 bits per heavy atom. The summed E-state index contributed by atoms with van der Waals surface area (Å²) in [5, 5.41) is 2.69. The summed E-state index contributed by atoms with van der Waals surface area (Å²) in [5.74, 6) is -0.338. The predicted molar refractivity (Wildman–Crippen MR) is 95.1 cm³/mol. The molecule has 1 aliphatic heterocycles. The van der Waals surface area contributed by atoms with Crippen molar-refractivity contribution in [3.63, 3.8) is 0 Å². The van der Waals surface area contributed by atoms with Gasteiger partial charge in [-0.15, -0.1) is 0 Å². The highest BCUT2D eigenvalue weighted by molar-refractivity contribution is 5.96. The lowest BCUT2D eigenvalue weighted by Gasteiger charge is -2.37. The molecule has 0 saturated carbocycles. The summed E-state index contributed by atoms with van der Waals surface area (Å²) < 4.78 is 5.97. The SMILES string of the molecule is C[C@H]1CN(C(=O)CNC(=O)c2ccccc2)C[C@@H](c2ccccc2)O1. The third kappa shape index (κ3) is 4.45. The van der Waals surface area contributed by atoms with E-state index in [4.69, 9.17) is 4.74 Å². The van der Waals surface area contributed by atoms with E-state index in [1.54, 1.807) is 29.2 Å². The Hall–Kier alpha value is -2.66. The Morgan fingerprint density at radius 3 is 2.36 bits per heavy atom. The zero-order valence-corrected chi connectivity index (χ0v) is 14.2. The maximum Gasteiger partial charge on any atom is 0.251 e. The van der Waals surface area contributed by atoms with Crippen molar-refractivity contribution < 1.29 is 14.3 Å². The predicted octanol–water partition coefficient (Wildman–Crippen LogP) is 2.41. The van der Waals surface area contributed by atoms with E-state index in [1.165, 1.54) is 0 Å². The highest BCUT2D eigenvalue weighted by Gasteiger charge is 2.29. The third-order valence-corrected chi connectivity index (χ3v) is 4.22. The molecular weight excluding hydrogens is 316 g/mol. The summed E-state index contributed by atoms with van der Waals surface area (Å²) in [6, 6.07) is 18.8. The number of carbonyl (C=O) groups excluding carboxylic acids is 2. The van der Waals surface area contributed by atoms with Crippen molar-refractivity contribution in [2.24, 2.45) is 0 Å². The molecule has 3 rings (SSSR count). The maximum atomic E-state index is 12.5. The molecule has 0 radical (unpaired) electrons. The molecule has 0 spiro atoms. The van der Waals surface area contributed by atoms with E-state index in [0.717, 1.165) is 5.56 Å². The van der Waals surface area contributed by atoms with Gasteiger partial charge in [-0.1, -0.05) is 48.5 Å². The topological polar surface area (TPSA) is 58.6 Å². The van der Waals surface area contributed by atoms with Crippen molar-refractivity contribution in [1.29, 1.82) is 0 Å². The fourth-order valence-electron chi connectivity index (χ4n) is 2.97. The second-order valence-corrected chi connectivity index (χ2v) is 6.19. The van der Waals surface area contributed by atoms with Gasteiger partial charge in [-0.2, -0.15) is 0 Å². The number of ether oxygens (including phenoxy) is 1. The standard InChI is InChI=1S/C20H22N2O3/c1-15-13-22(14-18(25-15)16-8-4-2-5-9-16)19(23)12-21-20(24)17-10-6-3-7-11-17/h2-11,15,18H,12-14H2,1H3,(H,21,24)/t15-,18-/m0/s1. The van der Waals surface area contributed by atoms with Gasteiger partial charge in [0.05, 0.1) is 19.2 Å². The zero-order valence-electron chi connectivity index (χ0n) is 14.2. The van der Waals surface area contributed by atoms with Gasteiger partial charge >= 0.3 is 0 Å². The minimum atomic E-state index is -0.241. The van der Waals surface area contributed by atoms with Gasteiger partial charge in [0.25, 0.3) is 5.91 Å². The number of carbonyl (C=O) groups is 2. The lowest BCUT2D eigenvalue weighted by Crippen LogP contribution is -2.49. The summed E-state index contributed by atoms with van der Waals surface area (Å²) in [7, 11) is 0.